The highest BCUT2D eigenvalue weighted by Gasteiger charge is 2.22. The lowest BCUT2D eigenvalue weighted by Crippen LogP contribution is -2.04. The summed E-state index contributed by atoms with van der Waals surface area (Å²) in [5, 5.41) is 4.66. The molecule has 11 aromatic rings. The van der Waals surface area contributed by atoms with E-state index in [1.807, 2.05) is 17.4 Å². The van der Waals surface area contributed by atoms with Crippen molar-refractivity contribution in [2.45, 2.75) is 26.7 Å². The fourth-order valence-electron chi connectivity index (χ4n) is 9.10. The molecule has 0 radical (unpaired) electrons. The fraction of sp³-hybridized carbons (Fsp3) is 0.0667. The van der Waals surface area contributed by atoms with Gasteiger partial charge in [0.05, 0.1) is 22.2 Å². The Morgan fingerprint density at radius 3 is 1.84 bits per heavy atom. The van der Waals surface area contributed by atoms with Crippen LogP contribution in [0.3, 0.4) is 0 Å². The lowest BCUT2D eigenvalue weighted by molar-refractivity contribution is 1.01. The van der Waals surface area contributed by atoms with Crippen molar-refractivity contribution in [3.8, 4) is 61.7 Å². The van der Waals surface area contributed by atoms with E-state index in [0.717, 1.165) is 72.6 Å². The first kappa shape index (κ1) is 39.2. The summed E-state index contributed by atoms with van der Waals surface area (Å²) in [4.78, 5) is 12.1. The Kier molecular flexibility index (Phi) is 10.4. The molecule has 1 aliphatic rings. The highest BCUT2D eigenvalue weighted by Crippen LogP contribution is 2.43. The Bertz CT molecular complexity index is 3570. The zero-order valence-corrected chi connectivity index (χ0v) is 36.7. The number of para-hydroxylation sites is 2. The van der Waals surface area contributed by atoms with Crippen molar-refractivity contribution in [1.82, 2.24) is 14.5 Å². The average Bonchev–Trinajstić information content (AvgIpc) is 3.78. The van der Waals surface area contributed by atoms with E-state index in [0.29, 0.717) is 5.95 Å². The molecule has 8 aromatic carbocycles. The molecule has 0 bridgehead atoms. The van der Waals surface area contributed by atoms with Crippen molar-refractivity contribution >= 4 is 66.3 Å². The predicted molar refractivity (Wildman–Crippen MR) is 275 cm³/mol. The first-order valence-corrected chi connectivity index (χ1v) is 23.0. The molecule has 1 aliphatic carbocycles. The Hall–Kier alpha value is -7.66. The molecule has 0 saturated carbocycles. The number of nitrogens with zero attached hydrogens (tertiary/aromatic N) is 3. The lowest BCUT2D eigenvalue weighted by Gasteiger charge is -2.15. The normalized spacial score (nSPS) is 12.1. The molecule has 0 saturated heterocycles. The maximum Gasteiger partial charge on any atom is 0.235 e. The van der Waals surface area contributed by atoms with Crippen molar-refractivity contribution < 1.29 is 0 Å². The summed E-state index contributed by atoms with van der Waals surface area (Å²) in [5.74, 6) is 0.646. The third-order valence-corrected chi connectivity index (χ3v) is 13.1. The van der Waals surface area contributed by atoms with Crippen LogP contribution in [0.15, 0.2) is 200 Å². The van der Waals surface area contributed by atoms with Crippen molar-refractivity contribution in [3.05, 3.63) is 211 Å². The van der Waals surface area contributed by atoms with Crippen molar-refractivity contribution in [3.63, 3.8) is 0 Å². The molecule has 0 fully saturated rings. The molecule has 0 atom stereocenters. The van der Waals surface area contributed by atoms with Gasteiger partial charge in [0, 0.05) is 42.2 Å². The summed E-state index contributed by atoms with van der Waals surface area (Å²) in [7, 11) is 0. The molecule has 0 aliphatic heterocycles. The quantitative estimate of drug-likeness (QED) is 0.167. The molecule has 0 spiro atoms. The van der Waals surface area contributed by atoms with Gasteiger partial charge in [-0.05, 0) is 99.5 Å². The van der Waals surface area contributed by atoms with E-state index in [4.69, 9.17) is 9.97 Å². The second-order valence-corrected chi connectivity index (χ2v) is 17.5. The molecule has 3 nitrogen and oxygen atoms in total. The van der Waals surface area contributed by atoms with Crippen LogP contribution >= 0.6 is 11.3 Å². The summed E-state index contributed by atoms with van der Waals surface area (Å²) < 4.78 is 3.60. The van der Waals surface area contributed by atoms with Gasteiger partial charge < -0.3 is 0 Å². The van der Waals surface area contributed by atoms with E-state index in [9.17, 15) is 0 Å². The van der Waals surface area contributed by atoms with Crippen LogP contribution in [-0.4, -0.2) is 14.5 Å². The number of benzene rings is 8. The molecule has 0 unspecified atom stereocenters. The van der Waals surface area contributed by atoms with E-state index < -0.39 is 0 Å². The third-order valence-electron chi connectivity index (χ3n) is 12.0. The van der Waals surface area contributed by atoms with E-state index in [2.05, 4.69) is 225 Å². The average molecular weight is 840 g/mol. The second kappa shape index (κ2) is 16.9. The zero-order valence-electron chi connectivity index (χ0n) is 35.9. The molecule has 64 heavy (non-hydrogen) atoms. The number of thiophene rings is 1. The fourth-order valence-corrected chi connectivity index (χ4v) is 10.3. The van der Waals surface area contributed by atoms with Crippen molar-refractivity contribution in [2.24, 2.45) is 0 Å². The maximum atomic E-state index is 5.42. The highest BCUT2D eigenvalue weighted by molar-refractivity contribution is 7.20. The molecule has 0 amide bonds. The van der Waals surface area contributed by atoms with Crippen LogP contribution in [0.1, 0.15) is 37.1 Å². The highest BCUT2D eigenvalue weighted by atomic mass is 32.1. The minimum absolute atomic E-state index is 0.646. The van der Waals surface area contributed by atoms with Gasteiger partial charge in [-0.25, -0.2) is 9.97 Å². The molecule has 3 aromatic heterocycles. The van der Waals surface area contributed by atoms with Gasteiger partial charge in [0.15, 0.2) is 0 Å². The van der Waals surface area contributed by atoms with Crippen molar-refractivity contribution in [1.29, 1.82) is 0 Å². The number of hydrogen-bond acceptors (Lipinski definition) is 3. The molecule has 306 valence electrons. The number of rotatable bonds is 6. The molecular weight excluding hydrogens is 795 g/mol. The Labute approximate surface area is 378 Å². The summed E-state index contributed by atoms with van der Waals surface area (Å²) >= 11 is 1.87. The van der Waals surface area contributed by atoms with E-state index in [1.165, 1.54) is 49.2 Å². The molecular formula is C60H45N3S. The Balaban J connectivity index is 0.00000148. The molecule has 0 N–H and O–H groups in total. The molecule has 4 heteroatoms. The first-order valence-electron chi connectivity index (χ1n) is 22.2. The van der Waals surface area contributed by atoms with Crippen molar-refractivity contribution in [2.75, 3.05) is 0 Å². The van der Waals surface area contributed by atoms with Gasteiger partial charge in [0.2, 0.25) is 5.95 Å². The van der Waals surface area contributed by atoms with Crippen LogP contribution in [0.5, 0.6) is 0 Å². The zero-order chi connectivity index (χ0) is 43.0. The Morgan fingerprint density at radius 1 is 0.469 bits per heavy atom. The van der Waals surface area contributed by atoms with Gasteiger partial charge in [0.25, 0.3) is 0 Å². The van der Waals surface area contributed by atoms with Crippen LogP contribution in [0.2, 0.25) is 0 Å². The van der Waals surface area contributed by atoms with E-state index in [1.54, 1.807) is 0 Å². The van der Waals surface area contributed by atoms with Crippen LogP contribution in [0.4, 0.5) is 0 Å². The number of allylic oxidation sites excluding steroid dienone is 2. The van der Waals surface area contributed by atoms with Crippen LogP contribution in [0.25, 0.3) is 117 Å². The van der Waals surface area contributed by atoms with Crippen LogP contribution in [-0.2, 0) is 0 Å². The predicted octanol–water partition coefficient (Wildman–Crippen LogP) is 17.1. The summed E-state index contributed by atoms with van der Waals surface area (Å²) in [6.45, 7) is 4.25. The third kappa shape index (κ3) is 7.12. The van der Waals surface area contributed by atoms with Gasteiger partial charge in [-0.15, -0.1) is 11.3 Å². The summed E-state index contributed by atoms with van der Waals surface area (Å²) in [6, 6.07) is 67.8. The molecule has 12 rings (SSSR count). The largest absolute Gasteiger partial charge is 0.277 e. The molecule has 3 heterocycles. The summed E-state index contributed by atoms with van der Waals surface area (Å²) in [6.07, 6.45) is 11.3. The topological polar surface area (TPSA) is 30.7 Å². The number of hydrogen-bond donors (Lipinski definition) is 0. The monoisotopic (exact) mass is 839 g/mol. The maximum absolute atomic E-state index is 5.42. The Morgan fingerprint density at radius 2 is 1.08 bits per heavy atom. The van der Waals surface area contributed by atoms with Gasteiger partial charge in [-0.2, -0.15) is 0 Å². The van der Waals surface area contributed by atoms with Gasteiger partial charge >= 0.3 is 0 Å². The van der Waals surface area contributed by atoms with Gasteiger partial charge in [-0.1, -0.05) is 184 Å². The van der Waals surface area contributed by atoms with Gasteiger partial charge in [-0.3, -0.25) is 4.57 Å². The standard InChI is InChI=1S/C57H37N3S.C3H8/c1-4-16-37(17-5-1)44-34-49(43-23-15-22-41(33-43)39-20-14-21-40(32-39)42-30-31-47-46-25-8-3-9-29-53(46)61-54(47)36-42)56-50(35-44)45-24-11-13-28-52(45)60(56)57-58-51-27-12-10-26-48(51)55(59-57)38-18-6-2-7-19-38;1-3-2/h1-2,4-36H,3H2;3H2,1-2H3. The number of aromatic nitrogens is 3. The number of fused-ring (bicyclic) bond motifs is 7. The second-order valence-electron chi connectivity index (χ2n) is 16.4. The van der Waals surface area contributed by atoms with Crippen LogP contribution < -0.4 is 0 Å². The first-order chi connectivity index (χ1) is 31.6. The minimum atomic E-state index is 0.646. The lowest BCUT2D eigenvalue weighted by atomic mass is 9.93. The SMILES string of the molecule is C1=Cc2sc3cc(-c4cccc(-c5cccc(-c6cc(-c7ccccc7)cc7c8ccccc8n(-c8nc(-c9ccccc9)c9ccccc9n8)c67)c5)c4)ccc3c2C=CC1.CCC. The smallest absolute Gasteiger partial charge is 0.235 e. The van der Waals surface area contributed by atoms with E-state index in [-0.39, 0.29) is 0 Å². The van der Waals surface area contributed by atoms with Gasteiger partial charge in [0.1, 0.15) is 0 Å². The van der Waals surface area contributed by atoms with Crippen LogP contribution in [0, 0.1) is 0 Å². The minimum Gasteiger partial charge on any atom is -0.277 e. The van der Waals surface area contributed by atoms with E-state index >= 15 is 0 Å². The summed E-state index contributed by atoms with van der Waals surface area (Å²) in [5.41, 5.74) is 15.7.